The normalized spacial score (nSPS) is 14.8. The molecule has 4 rings (SSSR count). The van der Waals surface area contributed by atoms with Crippen molar-refractivity contribution in [3.8, 4) is 0 Å². The summed E-state index contributed by atoms with van der Waals surface area (Å²) in [4.78, 5) is 22.1. The smallest absolute Gasteiger partial charge is 0.206 e. The summed E-state index contributed by atoms with van der Waals surface area (Å²) >= 11 is 1.28. The van der Waals surface area contributed by atoms with Crippen molar-refractivity contribution >= 4 is 39.4 Å². The van der Waals surface area contributed by atoms with Crippen LogP contribution in [0.15, 0.2) is 54.6 Å². The molecule has 0 bridgehead atoms. The first-order chi connectivity index (χ1) is 13.6. The van der Waals surface area contributed by atoms with Crippen LogP contribution < -0.4 is 16.0 Å². The summed E-state index contributed by atoms with van der Waals surface area (Å²) in [7, 11) is 2.15. The molecule has 1 saturated heterocycles. The van der Waals surface area contributed by atoms with Gasteiger partial charge in [-0.05, 0) is 31.3 Å². The summed E-state index contributed by atoms with van der Waals surface area (Å²) in [6.07, 6.45) is 0. The van der Waals surface area contributed by atoms with Crippen LogP contribution in [0.25, 0.3) is 0 Å². The fourth-order valence-electron chi connectivity index (χ4n) is 3.21. The van der Waals surface area contributed by atoms with Gasteiger partial charge in [0.1, 0.15) is 10.7 Å². The van der Waals surface area contributed by atoms with Gasteiger partial charge in [0, 0.05) is 43.1 Å². The van der Waals surface area contributed by atoms with Crippen molar-refractivity contribution in [3.05, 3.63) is 65.0 Å². The Morgan fingerprint density at radius 2 is 1.71 bits per heavy atom. The Morgan fingerprint density at radius 1 is 1.04 bits per heavy atom. The van der Waals surface area contributed by atoms with Gasteiger partial charge in [-0.25, -0.2) is 4.98 Å². The van der Waals surface area contributed by atoms with Gasteiger partial charge in [0.25, 0.3) is 0 Å². The van der Waals surface area contributed by atoms with Crippen LogP contribution in [0, 0.1) is 0 Å². The Bertz CT molecular complexity index is 947. The largest absolute Gasteiger partial charge is 0.382 e. The first-order valence-electron chi connectivity index (χ1n) is 9.27. The van der Waals surface area contributed by atoms with E-state index in [0.717, 1.165) is 31.9 Å². The fourth-order valence-corrected chi connectivity index (χ4v) is 4.08. The first-order valence-corrected chi connectivity index (χ1v) is 10.1. The van der Waals surface area contributed by atoms with E-state index in [2.05, 4.69) is 39.3 Å². The Hall–Kier alpha value is -2.90. The van der Waals surface area contributed by atoms with Gasteiger partial charge in [-0.15, -0.1) is 0 Å². The van der Waals surface area contributed by atoms with Crippen LogP contribution in [0.4, 0.5) is 22.3 Å². The molecule has 144 valence electrons. The summed E-state index contributed by atoms with van der Waals surface area (Å²) < 4.78 is 0. The summed E-state index contributed by atoms with van der Waals surface area (Å²) in [5.74, 6) is 0.157. The zero-order chi connectivity index (χ0) is 19.5. The van der Waals surface area contributed by atoms with E-state index in [-0.39, 0.29) is 11.6 Å². The number of thiazole rings is 1. The van der Waals surface area contributed by atoms with Gasteiger partial charge in [0.2, 0.25) is 5.78 Å². The van der Waals surface area contributed by atoms with Gasteiger partial charge < -0.3 is 20.9 Å². The number of nitrogens with two attached hydrogens (primary N) is 1. The van der Waals surface area contributed by atoms with Gasteiger partial charge in [-0.3, -0.25) is 4.79 Å². The third-order valence-electron chi connectivity index (χ3n) is 4.88. The number of carbonyl (C=O) groups excluding carboxylic acids is 1. The Morgan fingerprint density at radius 3 is 2.39 bits per heavy atom. The number of hydrogen-bond acceptors (Lipinski definition) is 7. The third kappa shape index (κ3) is 4.00. The highest BCUT2D eigenvalue weighted by molar-refractivity contribution is 7.18. The molecule has 6 nitrogen and oxygen atoms in total. The maximum Gasteiger partial charge on any atom is 0.206 e. The third-order valence-corrected chi connectivity index (χ3v) is 5.87. The van der Waals surface area contributed by atoms with E-state index in [9.17, 15) is 4.79 Å². The molecular weight excluding hydrogens is 370 g/mol. The van der Waals surface area contributed by atoms with Crippen LogP contribution in [0.1, 0.15) is 15.2 Å². The second kappa shape index (κ2) is 8.00. The zero-order valence-electron chi connectivity index (χ0n) is 15.8. The van der Waals surface area contributed by atoms with E-state index in [1.807, 2.05) is 30.3 Å². The summed E-state index contributed by atoms with van der Waals surface area (Å²) in [6.45, 7) is 4.24. The number of benzene rings is 2. The molecule has 0 atom stereocenters. The van der Waals surface area contributed by atoms with Gasteiger partial charge in [0.05, 0.1) is 0 Å². The molecule has 7 heteroatoms. The minimum Gasteiger partial charge on any atom is -0.382 e. The van der Waals surface area contributed by atoms with Crippen molar-refractivity contribution in [1.29, 1.82) is 0 Å². The standard InChI is InChI=1S/C21H23N5OS/c1-25-11-13-26(14-12-25)17-9-7-16(8-10-17)23-21-24-20(22)19(28-21)18(27)15-5-3-2-4-6-15/h2-10H,11-14,22H2,1H3,(H,23,24). The fraction of sp³-hybridized carbons (Fsp3) is 0.238. The lowest BCUT2D eigenvalue weighted by Crippen LogP contribution is -2.44. The molecule has 0 spiro atoms. The van der Waals surface area contributed by atoms with Gasteiger partial charge in [-0.1, -0.05) is 41.7 Å². The number of carbonyl (C=O) groups is 1. The number of likely N-dealkylation sites (N-methyl/N-ethyl adjacent to an activating group) is 1. The number of nitrogens with zero attached hydrogens (tertiary/aromatic N) is 3. The minimum atomic E-state index is -0.103. The van der Waals surface area contributed by atoms with Crippen molar-refractivity contribution in [1.82, 2.24) is 9.88 Å². The zero-order valence-corrected chi connectivity index (χ0v) is 16.6. The lowest BCUT2D eigenvalue weighted by atomic mass is 10.1. The average Bonchev–Trinajstić information content (AvgIpc) is 3.09. The van der Waals surface area contributed by atoms with Crippen molar-refractivity contribution in [2.75, 3.05) is 49.2 Å². The second-order valence-corrected chi connectivity index (χ2v) is 7.89. The predicted octanol–water partition coefficient (Wildman–Crippen LogP) is 3.45. The van der Waals surface area contributed by atoms with Crippen LogP contribution in [0.2, 0.25) is 0 Å². The number of nitrogen functional groups attached to an aromatic ring is 1. The number of hydrogen-bond donors (Lipinski definition) is 2. The predicted molar refractivity (Wildman–Crippen MR) is 116 cm³/mol. The molecule has 0 aliphatic carbocycles. The molecular formula is C21H23N5OS. The molecule has 1 aliphatic rings. The van der Waals surface area contributed by atoms with E-state index >= 15 is 0 Å². The molecule has 0 saturated carbocycles. The Balaban J connectivity index is 1.45. The Kier molecular flexibility index (Phi) is 5.27. The van der Waals surface area contributed by atoms with Gasteiger partial charge in [0.15, 0.2) is 5.13 Å². The molecule has 3 aromatic rings. The molecule has 28 heavy (non-hydrogen) atoms. The van der Waals surface area contributed by atoms with Crippen molar-refractivity contribution in [3.63, 3.8) is 0 Å². The van der Waals surface area contributed by atoms with Crippen LogP contribution in [0.5, 0.6) is 0 Å². The van der Waals surface area contributed by atoms with E-state index in [0.29, 0.717) is 15.6 Å². The molecule has 1 fully saturated rings. The number of ketones is 1. The van der Waals surface area contributed by atoms with E-state index in [1.165, 1.54) is 17.0 Å². The maximum absolute atomic E-state index is 12.6. The minimum absolute atomic E-state index is 0.103. The van der Waals surface area contributed by atoms with Gasteiger partial charge in [-0.2, -0.15) is 0 Å². The second-order valence-electron chi connectivity index (χ2n) is 6.89. The molecule has 1 aliphatic heterocycles. The average molecular weight is 394 g/mol. The van der Waals surface area contributed by atoms with E-state index in [4.69, 9.17) is 5.73 Å². The van der Waals surface area contributed by atoms with Crippen LogP contribution in [-0.2, 0) is 0 Å². The lowest BCUT2D eigenvalue weighted by molar-refractivity contribution is 0.104. The number of anilines is 4. The lowest BCUT2D eigenvalue weighted by Gasteiger charge is -2.34. The van der Waals surface area contributed by atoms with Crippen LogP contribution in [0.3, 0.4) is 0 Å². The molecule has 1 aromatic heterocycles. The maximum atomic E-state index is 12.6. The summed E-state index contributed by atoms with van der Waals surface area (Å²) in [6, 6.07) is 17.4. The monoisotopic (exact) mass is 393 g/mol. The van der Waals surface area contributed by atoms with Crippen molar-refractivity contribution < 1.29 is 4.79 Å². The number of piperazine rings is 1. The molecule has 0 radical (unpaired) electrons. The number of rotatable bonds is 5. The van der Waals surface area contributed by atoms with Crippen LogP contribution in [-0.4, -0.2) is 48.9 Å². The van der Waals surface area contributed by atoms with Gasteiger partial charge >= 0.3 is 0 Å². The topological polar surface area (TPSA) is 74.5 Å². The van der Waals surface area contributed by atoms with Crippen LogP contribution >= 0.6 is 11.3 Å². The summed E-state index contributed by atoms with van der Waals surface area (Å²) in [5, 5.41) is 3.87. The van der Waals surface area contributed by atoms with E-state index < -0.39 is 0 Å². The molecule has 3 N–H and O–H groups in total. The highest BCUT2D eigenvalue weighted by Crippen LogP contribution is 2.30. The number of aromatic nitrogens is 1. The Labute approximate surface area is 168 Å². The molecule has 2 heterocycles. The highest BCUT2D eigenvalue weighted by Gasteiger charge is 2.18. The quantitative estimate of drug-likeness (QED) is 0.647. The molecule has 0 amide bonds. The SMILES string of the molecule is CN1CCN(c2ccc(Nc3nc(N)c(C(=O)c4ccccc4)s3)cc2)CC1. The first kappa shape index (κ1) is 18.5. The molecule has 0 unspecified atom stereocenters. The number of nitrogens with one attached hydrogen (secondary N) is 1. The molecule has 2 aromatic carbocycles. The van der Waals surface area contributed by atoms with Crippen molar-refractivity contribution in [2.45, 2.75) is 0 Å². The van der Waals surface area contributed by atoms with E-state index in [1.54, 1.807) is 12.1 Å². The summed E-state index contributed by atoms with van der Waals surface area (Å²) in [5.41, 5.74) is 8.75. The highest BCUT2D eigenvalue weighted by atomic mass is 32.1. The van der Waals surface area contributed by atoms with Crippen molar-refractivity contribution in [2.24, 2.45) is 0 Å².